The zero-order valence-electron chi connectivity index (χ0n) is 12.2. The molecule has 0 aromatic carbocycles. The van der Waals surface area contributed by atoms with E-state index < -0.39 is 0 Å². The minimum absolute atomic E-state index is 0.320. The highest BCUT2D eigenvalue weighted by Gasteiger charge is 2.35. The van der Waals surface area contributed by atoms with Crippen molar-refractivity contribution in [3.8, 4) is 0 Å². The molecule has 1 atom stereocenters. The van der Waals surface area contributed by atoms with Gasteiger partial charge in [-0.1, -0.05) is 13.0 Å². The number of nitrogens with one attached hydrogen (secondary N) is 1. The first-order valence-electron chi connectivity index (χ1n) is 7.23. The highest BCUT2D eigenvalue weighted by atomic mass is 32.1. The van der Waals surface area contributed by atoms with Crippen LogP contribution in [0.4, 0.5) is 0 Å². The molecule has 1 aliphatic heterocycles. The van der Waals surface area contributed by atoms with Crippen molar-refractivity contribution in [1.29, 1.82) is 0 Å². The number of ether oxygens (including phenoxy) is 1. The highest BCUT2D eigenvalue weighted by Crippen LogP contribution is 2.28. The molecule has 1 aliphatic rings. The second-order valence-corrected chi connectivity index (χ2v) is 6.68. The van der Waals surface area contributed by atoms with Crippen LogP contribution < -0.4 is 5.32 Å². The first-order chi connectivity index (χ1) is 9.24. The lowest BCUT2D eigenvalue weighted by molar-refractivity contribution is 0.120. The van der Waals surface area contributed by atoms with Crippen molar-refractivity contribution in [1.82, 2.24) is 10.2 Å². The summed E-state index contributed by atoms with van der Waals surface area (Å²) in [6.45, 7) is 8.38. The van der Waals surface area contributed by atoms with E-state index in [2.05, 4.69) is 41.7 Å². The highest BCUT2D eigenvalue weighted by molar-refractivity contribution is 7.09. The van der Waals surface area contributed by atoms with Crippen molar-refractivity contribution in [3.63, 3.8) is 0 Å². The minimum Gasteiger partial charge on any atom is -0.381 e. The summed E-state index contributed by atoms with van der Waals surface area (Å²) in [7, 11) is 2.24. The summed E-state index contributed by atoms with van der Waals surface area (Å²) in [6.07, 6.45) is 2.34. The fraction of sp³-hybridized carbons (Fsp3) is 0.733. The third-order valence-corrected chi connectivity index (χ3v) is 4.80. The largest absolute Gasteiger partial charge is 0.381 e. The summed E-state index contributed by atoms with van der Waals surface area (Å²) < 4.78 is 5.64. The lowest BCUT2D eigenvalue weighted by Gasteiger charge is -2.32. The van der Waals surface area contributed by atoms with Gasteiger partial charge in [-0.15, -0.1) is 11.3 Å². The molecule has 1 unspecified atom stereocenters. The molecule has 0 spiro atoms. The zero-order valence-corrected chi connectivity index (χ0v) is 13.0. The van der Waals surface area contributed by atoms with Crippen LogP contribution >= 0.6 is 11.3 Å². The summed E-state index contributed by atoms with van der Waals surface area (Å²) >= 11 is 1.86. The maximum atomic E-state index is 5.64. The lowest BCUT2D eigenvalue weighted by Crippen LogP contribution is -2.44. The Morgan fingerprint density at radius 1 is 1.53 bits per heavy atom. The lowest BCUT2D eigenvalue weighted by atomic mass is 9.86. The van der Waals surface area contributed by atoms with Gasteiger partial charge in [-0.2, -0.15) is 0 Å². The fourth-order valence-electron chi connectivity index (χ4n) is 2.77. The van der Waals surface area contributed by atoms with Gasteiger partial charge < -0.3 is 15.0 Å². The zero-order chi connectivity index (χ0) is 13.6. The molecule has 0 bridgehead atoms. The second kappa shape index (κ2) is 7.39. The SMILES string of the molecule is CCNCC1(CN(C)CCc2cccs2)CCOC1. The van der Waals surface area contributed by atoms with Gasteiger partial charge in [0.2, 0.25) is 0 Å². The van der Waals surface area contributed by atoms with Gasteiger partial charge in [-0.3, -0.25) is 0 Å². The Morgan fingerprint density at radius 2 is 2.42 bits per heavy atom. The molecule has 0 saturated carbocycles. The van der Waals surface area contributed by atoms with Gasteiger partial charge in [0.25, 0.3) is 0 Å². The topological polar surface area (TPSA) is 24.5 Å². The number of rotatable bonds is 8. The Bertz CT molecular complexity index is 347. The standard InChI is InChI=1S/C15H26N2OS/c1-3-16-11-15(7-9-18-13-15)12-17(2)8-6-14-5-4-10-19-14/h4-5,10,16H,3,6-9,11-13H2,1-2H3. The molecule has 108 valence electrons. The Hall–Kier alpha value is -0.420. The van der Waals surface area contributed by atoms with E-state index in [-0.39, 0.29) is 0 Å². The van der Waals surface area contributed by atoms with Crippen LogP contribution in [0.5, 0.6) is 0 Å². The van der Waals surface area contributed by atoms with Gasteiger partial charge in [0, 0.05) is 36.5 Å². The summed E-state index contributed by atoms with van der Waals surface area (Å²) in [5, 5.41) is 5.66. The van der Waals surface area contributed by atoms with Gasteiger partial charge in [-0.05, 0) is 37.9 Å². The molecule has 0 aliphatic carbocycles. The van der Waals surface area contributed by atoms with Gasteiger partial charge in [0.15, 0.2) is 0 Å². The smallest absolute Gasteiger partial charge is 0.0547 e. The van der Waals surface area contributed by atoms with Crippen LogP contribution in [0.3, 0.4) is 0 Å². The van der Waals surface area contributed by atoms with Crippen LogP contribution in [0, 0.1) is 5.41 Å². The first kappa shape index (κ1) is 15.0. The van der Waals surface area contributed by atoms with Gasteiger partial charge in [0.05, 0.1) is 6.61 Å². The Balaban J connectivity index is 1.79. The van der Waals surface area contributed by atoms with Crippen LogP contribution in [0.2, 0.25) is 0 Å². The van der Waals surface area contributed by atoms with Gasteiger partial charge >= 0.3 is 0 Å². The number of thiophene rings is 1. The van der Waals surface area contributed by atoms with Crippen molar-refractivity contribution < 1.29 is 4.74 Å². The number of hydrogen-bond donors (Lipinski definition) is 1. The maximum Gasteiger partial charge on any atom is 0.0547 e. The van der Waals surface area contributed by atoms with Crippen LogP contribution in [-0.2, 0) is 11.2 Å². The van der Waals surface area contributed by atoms with Crippen molar-refractivity contribution in [3.05, 3.63) is 22.4 Å². The molecule has 1 fully saturated rings. The molecule has 2 heterocycles. The van der Waals surface area contributed by atoms with E-state index >= 15 is 0 Å². The Kier molecular flexibility index (Phi) is 5.82. The van der Waals surface area contributed by atoms with E-state index in [0.717, 1.165) is 45.8 Å². The van der Waals surface area contributed by atoms with Crippen LogP contribution in [0.1, 0.15) is 18.2 Å². The van der Waals surface area contributed by atoms with E-state index in [1.807, 2.05) is 11.3 Å². The normalized spacial score (nSPS) is 23.3. The Morgan fingerprint density at radius 3 is 3.05 bits per heavy atom. The summed E-state index contributed by atoms with van der Waals surface area (Å²) in [4.78, 5) is 3.95. The monoisotopic (exact) mass is 282 g/mol. The van der Waals surface area contributed by atoms with Crippen molar-refractivity contribution in [2.45, 2.75) is 19.8 Å². The third-order valence-electron chi connectivity index (χ3n) is 3.86. The van der Waals surface area contributed by atoms with Gasteiger partial charge in [0.1, 0.15) is 0 Å². The molecule has 1 aromatic rings. The van der Waals surface area contributed by atoms with Crippen LogP contribution in [0.25, 0.3) is 0 Å². The number of hydrogen-bond acceptors (Lipinski definition) is 4. The summed E-state index contributed by atoms with van der Waals surface area (Å²) in [5.74, 6) is 0. The Labute approximate surface area is 121 Å². The van der Waals surface area contributed by atoms with E-state index in [9.17, 15) is 0 Å². The molecule has 0 amide bonds. The molecule has 4 heteroatoms. The molecule has 19 heavy (non-hydrogen) atoms. The van der Waals surface area contributed by atoms with Crippen molar-refractivity contribution in [2.24, 2.45) is 5.41 Å². The van der Waals surface area contributed by atoms with E-state index in [1.165, 1.54) is 11.3 Å². The molecule has 1 saturated heterocycles. The molecule has 0 radical (unpaired) electrons. The summed E-state index contributed by atoms with van der Waals surface area (Å²) in [6, 6.07) is 4.36. The molecular formula is C15H26N2OS. The van der Waals surface area contributed by atoms with Crippen LogP contribution in [-0.4, -0.2) is 51.3 Å². The molecular weight excluding hydrogens is 256 g/mol. The first-order valence-corrected chi connectivity index (χ1v) is 8.11. The van der Waals surface area contributed by atoms with Crippen molar-refractivity contribution in [2.75, 3.05) is 46.4 Å². The quantitative estimate of drug-likeness (QED) is 0.791. The van der Waals surface area contributed by atoms with E-state index in [4.69, 9.17) is 4.74 Å². The minimum atomic E-state index is 0.320. The van der Waals surface area contributed by atoms with Crippen LogP contribution in [0.15, 0.2) is 17.5 Å². The molecule has 2 rings (SSSR count). The van der Waals surface area contributed by atoms with Gasteiger partial charge in [-0.25, -0.2) is 0 Å². The number of likely N-dealkylation sites (N-methyl/N-ethyl adjacent to an activating group) is 1. The van der Waals surface area contributed by atoms with Crippen molar-refractivity contribution >= 4 is 11.3 Å². The van der Waals surface area contributed by atoms with E-state index in [0.29, 0.717) is 5.41 Å². The molecule has 1 aromatic heterocycles. The summed E-state index contributed by atoms with van der Waals surface area (Å²) in [5.41, 5.74) is 0.320. The average Bonchev–Trinajstić information content (AvgIpc) is 3.06. The molecule has 1 N–H and O–H groups in total. The fourth-order valence-corrected chi connectivity index (χ4v) is 3.47. The molecule has 3 nitrogen and oxygen atoms in total. The number of nitrogens with zero attached hydrogens (tertiary/aromatic N) is 1. The predicted octanol–water partition coefficient (Wildman–Crippen LogP) is 2.24. The second-order valence-electron chi connectivity index (χ2n) is 5.65. The predicted molar refractivity (Wildman–Crippen MR) is 81.9 cm³/mol. The third kappa shape index (κ3) is 4.56. The van der Waals surface area contributed by atoms with E-state index in [1.54, 1.807) is 0 Å². The average molecular weight is 282 g/mol. The maximum absolute atomic E-state index is 5.64.